The third-order valence-corrected chi connectivity index (χ3v) is 7.33. The lowest BCUT2D eigenvalue weighted by Gasteiger charge is -2.45. The van der Waals surface area contributed by atoms with Gasteiger partial charge in [-0.1, -0.05) is 19.3 Å². The molecule has 0 radical (unpaired) electrons. The number of rotatable bonds is 2. The quantitative estimate of drug-likeness (QED) is 0.712. The topological polar surface area (TPSA) is 40.6 Å². The molecule has 2 saturated heterocycles. The molecule has 3 rings (SSSR count). The van der Waals surface area contributed by atoms with Gasteiger partial charge in [0.1, 0.15) is 5.38 Å². The van der Waals surface area contributed by atoms with E-state index in [0.29, 0.717) is 5.91 Å². The van der Waals surface area contributed by atoms with Crippen molar-refractivity contribution >= 4 is 35.2 Å². The average Bonchev–Trinajstić information content (AvgIpc) is 2.98. The summed E-state index contributed by atoms with van der Waals surface area (Å²) in [5.74, 6) is 1.66. The van der Waals surface area contributed by atoms with E-state index in [2.05, 4.69) is 4.90 Å². The normalized spacial score (nSPS) is 26.5. The van der Waals surface area contributed by atoms with E-state index in [1.54, 1.807) is 6.92 Å². The molecular weight excluding hydrogens is 332 g/mol. The van der Waals surface area contributed by atoms with E-state index in [0.717, 1.165) is 51.1 Å². The summed E-state index contributed by atoms with van der Waals surface area (Å²) >= 11 is 7.85. The van der Waals surface area contributed by atoms with Crippen LogP contribution in [0.5, 0.6) is 0 Å². The summed E-state index contributed by atoms with van der Waals surface area (Å²) in [6, 6.07) is 0. The number of hydrogen-bond donors (Lipinski definition) is 0. The minimum atomic E-state index is -0.458. The van der Waals surface area contributed by atoms with E-state index in [4.69, 9.17) is 11.6 Å². The molecule has 1 saturated carbocycles. The van der Waals surface area contributed by atoms with Crippen molar-refractivity contribution < 1.29 is 9.59 Å². The van der Waals surface area contributed by atoms with Gasteiger partial charge in [0.25, 0.3) is 0 Å². The first-order valence-electron chi connectivity index (χ1n) is 8.92. The highest BCUT2D eigenvalue weighted by Crippen LogP contribution is 2.45. The van der Waals surface area contributed by atoms with E-state index in [1.165, 1.54) is 19.3 Å². The highest BCUT2D eigenvalue weighted by atomic mass is 35.5. The molecule has 3 fully saturated rings. The van der Waals surface area contributed by atoms with Gasteiger partial charge in [-0.15, -0.1) is 23.4 Å². The van der Waals surface area contributed by atoms with Crippen LogP contribution in [0, 0.1) is 5.92 Å². The first-order valence-corrected chi connectivity index (χ1v) is 10.3. The number of halogens is 1. The fourth-order valence-corrected chi connectivity index (χ4v) is 5.83. The number of alkyl halides is 1. The molecule has 0 N–H and O–H groups in total. The van der Waals surface area contributed by atoms with Crippen LogP contribution < -0.4 is 0 Å². The fourth-order valence-electron chi connectivity index (χ4n) is 4.23. The Morgan fingerprint density at radius 2 is 1.78 bits per heavy atom. The molecule has 6 heteroatoms. The lowest BCUT2D eigenvalue weighted by molar-refractivity contribution is -0.141. The van der Waals surface area contributed by atoms with Crippen molar-refractivity contribution in [2.24, 2.45) is 5.92 Å². The molecule has 2 aliphatic heterocycles. The Balaban J connectivity index is 1.65. The Kier molecular flexibility index (Phi) is 5.46. The largest absolute Gasteiger partial charge is 0.341 e. The zero-order valence-electron chi connectivity index (χ0n) is 13.9. The van der Waals surface area contributed by atoms with Crippen LogP contribution in [0.1, 0.15) is 51.9 Å². The maximum Gasteiger partial charge on any atom is 0.240 e. The number of hydrogen-bond acceptors (Lipinski definition) is 3. The van der Waals surface area contributed by atoms with Gasteiger partial charge >= 0.3 is 0 Å². The van der Waals surface area contributed by atoms with E-state index >= 15 is 0 Å². The first-order chi connectivity index (χ1) is 11.0. The van der Waals surface area contributed by atoms with Gasteiger partial charge in [-0.05, 0) is 32.6 Å². The lowest BCUT2D eigenvalue weighted by Crippen LogP contribution is -2.55. The molecule has 0 aromatic carbocycles. The zero-order valence-corrected chi connectivity index (χ0v) is 15.5. The van der Waals surface area contributed by atoms with Crippen LogP contribution in [-0.4, -0.2) is 57.2 Å². The highest BCUT2D eigenvalue weighted by Gasteiger charge is 2.48. The van der Waals surface area contributed by atoms with Gasteiger partial charge in [-0.25, -0.2) is 0 Å². The summed E-state index contributed by atoms with van der Waals surface area (Å²) in [6.07, 6.45) is 7.55. The molecule has 3 aliphatic rings. The minimum absolute atomic E-state index is 0.0228. The van der Waals surface area contributed by atoms with Crippen molar-refractivity contribution in [2.75, 3.05) is 25.4 Å². The number of amides is 2. The van der Waals surface area contributed by atoms with Gasteiger partial charge in [0, 0.05) is 31.3 Å². The maximum atomic E-state index is 13.0. The summed E-state index contributed by atoms with van der Waals surface area (Å²) in [7, 11) is 0. The molecule has 4 nitrogen and oxygen atoms in total. The van der Waals surface area contributed by atoms with Gasteiger partial charge in [0.2, 0.25) is 11.8 Å². The Morgan fingerprint density at radius 1 is 1.13 bits per heavy atom. The van der Waals surface area contributed by atoms with Crippen molar-refractivity contribution in [3.63, 3.8) is 0 Å². The van der Waals surface area contributed by atoms with Crippen molar-refractivity contribution in [3.05, 3.63) is 0 Å². The van der Waals surface area contributed by atoms with Crippen LogP contribution in [0.15, 0.2) is 0 Å². The van der Waals surface area contributed by atoms with Crippen molar-refractivity contribution in [1.82, 2.24) is 9.80 Å². The van der Waals surface area contributed by atoms with E-state index in [9.17, 15) is 9.59 Å². The number of likely N-dealkylation sites (tertiary alicyclic amines) is 1. The summed E-state index contributed by atoms with van der Waals surface area (Å²) in [5.41, 5.74) is 0. The number of carbonyl (C=O) groups is 2. The van der Waals surface area contributed by atoms with Crippen molar-refractivity contribution in [3.8, 4) is 0 Å². The first kappa shape index (κ1) is 17.4. The number of piperidine rings is 1. The van der Waals surface area contributed by atoms with E-state index < -0.39 is 5.38 Å². The molecule has 1 aliphatic carbocycles. The second kappa shape index (κ2) is 7.22. The zero-order chi connectivity index (χ0) is 16.4. The van der Waals surface area contributed by atoms with E-state index in [1.807, 2.05) is 16.7 Å². The molecule has 2 amide bonds. The average molecular weight is 359 g/mol. The predicted octanol–water partition coefficient (Wildman–Crippen LogP) is 3.09. The van der Waals surface area contributed by atoms with Crippen LogP contribution in [0.2, 0.25) is 0 Å². The van der Waals surface area contributed by atoms with Crippen LogP contribution in [0.3, 0.4) is 0 Å². The summed E-state index contributed by atoms with van der Waals surface area (Å²) in [6.45, 7) is 4.05. The van der Waals surface area contributed by atoms with Gasteiger partial charge in [-0.2, -0.15) is 0 Å². The molecule has 0 aromatic rings. The summed E-state index contributed by atoms with van der Waals surface area (Å²) in [5, 5.41) is -0.458. The molecular formula is C17H27ClN2O2S. The SMILES string of the molecule is C[C@H](Cl)C(=O)N1CCC2(CC1)SCCN2C(=O)C1CCCCC1. The second-order valence-electron chi connectivity index (χ2n) is 7.06. The number of nitrogens with zero attached hydrogens (tertiary/aromatic N) is 2. The molecule has 0 aromatic heterocycles. The smallest absolute Gasteiger partial charge is 0.240 e. The Labute approximate surface area is 148 Å². The predicted molar refractivity (Wildman–Crippen MR) is 94.6 cm³/mol. The molecule has 0 bridgehead atoms. The van der Waals surface area contributed by atoms with Gasteiger partial charge in [0.05, 0.1) is 4.87 Å². The molecule has 23 heavy (non-hydrogen) atoms. The third-order valence-electron chi connectivity index (χ3n) is 5.59. The third kappa shape index (κ3) is 3.51. The summed E-state index contributed by atoms with van der Waals surface area (Å²) < 4.78 is 0. The van der Waals surface area contributed by atoms with Crippen LogP contribution >= 0.6 is 23.4 Å². The van der Waals surface area contributed by atoms with Gasteiger partial charge in [0.15, 0.2) is 0 Å². The second-order valence-corrected chi connectivity index (χ2v) is 9.17. The van der Waals surface area contributed by atoms with Gasteiger partial charge < -0.3 is 9.80 Å². The minimum Gasteiger partial charge on any atom is -0.341 e. The van der Waals surface area contributed by atoms with Gasteiger partial charge in [-0.3, -0.25) is 9.59 Å². The Morgan fingerprint density at radius 3 is 2.39 bits per heavy atom. The van der Waals surface area contributed by atoms with Crippen molar-refractivity contribution in [2.45, 2.75) is 62.1 Å². The molecule has 0 unspecified atom stereocenters. The molecule has 130 valence electrons. The molecule has 2 heterocycles. The van der Waals surface area contributed by atoms with E-state index in [-0.39, 0.29) is 16.7 Å². The van der Waals surface area contributed by atoms with Crippen LogP contribution in [0.4, 0.5) is 0 Å². The Hall–Kier alpha value is -0.420. The number of thioether (sulfide) groups is 1. The Bertz CT molecular complexity index is 458. The number of carbonyl (C=O) groups excluding carboxylic acids is 2. The van der Waals surface area contributed by atoms with Crippen LogP contribution in [0.25, 0.3) is 0 Å². The monoisotopic (exact) mass is 358 g/mol. The fraction of sp³-hybridized carbons (Fsp3) is 0.882. The highest BCUT2D eigenvalue weighted by molar-refractivity contribution is 8.00. The van der Waals surface area contributed by atoms with Crippen LogP contribution in [-0.2, 0) is 9.59 Å². The maximum absolute atomic E-state index is 13.0. The summed E-state index contributed by atoms with van der Waals surface area (Å²) in [4.78, 5) is 29.0. The molecule has 1 spiro atoms. The van der Waals surface area contributed by atoms with Crippen molar-refractivity contribution in [1.29, 1.82) is 0 Å². The molecule has 1 atom stereocenters. The lowest BCUT2D eigenvalue weighted by atomic mass is 9.87. The standard InChI is InChI=1S/C17H27ClN2O2S/c1-13(18)15(21)19-9-7-17(8-10-19)20(11-12-23-17)16(22)14-5-3-2-4-6-14/h13-14H,2-12H2,1H3/t13-/m0/s1.